The summed E-state index contributed by atoms with van der Waals surface area (Å²) in [6.07, 6.45) is 1.83. The van der Waals surface area contributed by atoms with Crippen LogP contribution in [0, 0.1) is 0 Å². The number of carbonyl (C=O) groups excluding carboxylic acids is 1. The number of benzene rings is 4. The van der Waals surface area contributed by atoms with Crippen molar-refractivity contribution in [2.75, 3.05) is 0 Å². The van der Waals surface area contributed by atoms with Crippen LogP contribution in [0.25, 0.3) is 16.8 Å². The number of aliphatic imine (C=N–C) groups is 1. The lowest BCUT2D eigenvalue weighted by Gasteiger charge is -2.13. The molecule has 0 aliphatic carbocycles. The topological polar surface area (TPSA) is 50.7 Å². The maximum absolute atomic E-state index is 12.5. The average molecular weight is 629 g/mol. The summed E-state index contributed by atoms with van der Waals surface area (Å²) in [4.78, 5) is 17.5. The fourth-order valence-corrected chi connectivity index (χ4v) is 6.05. The third kappa shape index (κ3) is 5.64. The first-order valence-electron chi connectivity index (χ1n) is 10.6. The van der Waals surface area contributed by atoms with Gasteiger partial charge in [-0.1, -0.05) is 54.1 Å². The monoisotopic (exact) mass is 626 g/mol. The summed E-state index contributed by atoms with van der Waals surface area (Å²) in [5.41, 5.74) is 2.68. The molecule has 5 rings (SSSR count). The number of ether oxygens (including phenoxy) is 1. The number of hydrogen-bond acceptors (Lipinski definition) is 4. The van der Waals surface area contributed by atoms with Gasteiger partial charge in [-0.25, -0.2) is 4.99 Å². The quantitative estimate of drug-likeness (QED) is 0.226. The van der Waals surface area contributed by atoms with Gasteiger partial charge in [-0.15, -0.1) is 0 Å². The average Bonchev–Trinajstić information content (AvgIpc) is 3.18. The van der Waals surface area contributed by atoms with Crippen molar-refractivity contribution in [3.63, 3.8) is 0 Å². The second-order valence-corrected chi connectivity index (χ2v) is 10.9. The van der Waals surface area contributed by atoms with Crippen molar-refractivity contribution in [1.29, 1.82) is 0 Å². The molecule has 1 N–H and O–H groups in total. The van der Waals surface area contributed by atoms with Crippen LogP contribution in [0.2, 0.25) is 5.02 Å². The standard InChI is InChI=1S/C27H17Br2ClN2O2S/c28-22-12-16(14-24-26(33)32-27(35-24)31-20-10-8-19(30)9-11-20)13-23(29)25(22)34-15-18-6-3-5-17-4-1-2-7-21(17)18/h1-14H,15H2,(H,31,32,33)/b24-14-. The third-order valence-corrected chi connectivity index (χ3v) is 7.62. The van der Waals surface area contributed by atoms with Crippen LogP contribution in [-0.4, -0.2) is 11.1 Å². The van der Waals surface area contributed by atoms with Crippen molar-refractivity contribution in [2.24, 2.45) is 4.99 Å². The molecule has 35 heavy (non-hydrogen) atoms. The van der Waals surface area contributed by atoms with Crippen molar-refractivity contribution >= 4 is 88.8 Å². The highest BCUT2D eigenvalue weighted by Crippen LogP contribution is 2.37. The first-order chi connectivity index (χ1) is 17.0. The van der Waals surface area contributed by atoms with Gasteiger partial charge in [-0.3, -0.25) is 4.79 Å². The Labute approximate surface area is 228 Å². The first kappa shape index (κ1) is 24.1. The summed E-state index contributed by atoms with van der Waals surface area (Å²) in [7, 11) is 0. The zero-order valence-electron chi connectivity index (χ0n) is 18.1. The zero-order valence-corrected chi connectivity index (χ0v) is 22.8. The first-order valence-corrected chi connectivity index (χ1v) is 13.4. The number of amidine groups is 1. The van der Waals surface area contributed by atoms with Crippen LogP contribution in [0.5, 0.6) is 5.75 Å². The highest BCUT2D eigenvalue weighted by atomic mass is 79.9. The van der Waals surface area contributed by atoms with E-state index in [9.17, 15) is 4.79 Å². The Balaban J connectivity index is 1.34. The number of carbonyl (C=O) groups is 1. The van der Waals surface area contributed by atoms with Crippen LogP contribution in [0.1, 0.15) is 11.1 Å². The number of nitrogens with one attached hydrogen (secondary N) is 1. The SMILES string of the molecule is O=C1NC(=Nc2ccc(Cl)cc2)S/C1=C\c1cc(Br)c(OCc2cccc3ccccc23)c(Br)c1. The summed E-state index contributed by atoms with van der Waals surface area (Å²) < 4.78 is 7.75. The maximum Gasteiger partial charge on any atom is 0.264 e. The summed E-state index contributed by atoms with van der Waals surface area (Å²) in [6.45, 7) is 0.432. The van der Waals surface area contributed by atoms with Gasteiger partial charge in [0.15, 0.2) is 5.17 Å². The third-order valence-electron chi connectivity index (χ3n) is 5.28. The smallest absolute Gasteiger partial charge is 0.264 e. The maximum atomic E-state index is 12.5. The normalized spacial score (nSPS) is 15.7. The lowest BCUT2D eigenvalue weighted by atomic mass is 10.1. The number of halogens is 3. The predicted octanol–water partition coefficient (Wildman–Crippen LogP) is 8.49. The van der Waals surface area contributed by atoms with E-state index in [1.165, 1.54) is 22.5 Å². The van der Waals surface area contributed by atoms with Gasteiger partial charge in [0.2, 0.25) is 0 Å². The second kappa shape index (κ2) is 10.6. The molecule has 0 radical (unpaired) electrons. The highest BCUT2D eigenvalue weighted by molar-refractivity contribution is 9.11. The van der Waals surface area contributed by atoms with Crippen LogP contribution in [-0.2, 0) is 11.4 Å². The largest absolute Gasteiger partial charge is 0.487 e. The summed E-state index contributed by atoms with van der Waals surface area (Å²) >= 11 is 14.5. The molecule has 1 aliphatic rings. The molecule has 1 amide bonds. The number of fused-ring (bicyclic) bond motifs is 1. The number of amides is 1. The van der Waals surface area contributed by atoms with E-state index in [0.29, 0.717) is 27.5 Å². The fraction of sp³-hybridized carbons (Fsp3) is 0.0370. The molecule has 0 saturated carbocycles. The van der Waals surface area contributed by atoms with Crippen LogP contribution < -0.4 is 10.1 Å². The van der Waals surface area contributed by atoms with E-state index >= 15 is 0 Å². The van der Waals surface area contributed by atoms with Crippen LogP contribution in [0.4, 0.5) is 5.69 Å². The van der Waals surface area contributed by atoms with Gasteiger partial charge >= 0.3 is 0 Å². The Hall–Kier alpha value is -2.58. The predicted molar refractivity (Wildman–Crippen MR) is 152 cm³/mol. The lowest BCUT2D eigenvalue weighted by Crippen LogP contribution is -2.19. The molecule has 0 spiro atoms. The zero-order chi connectivity index (χ0) is 24.4. The van der Waals surface area contributed by atoms with Crippen molar-refractivity contribution in [1.82, 2.24) is 5.32 Å². The molecule has 0 unspecified atom stereocenters. The summed E-state index contributed by atoms with van der Waals surface area (Å²) in [6, 6.07) is 25.4. The number of hydrogen-bond donors (Lipinski definition) is 1. The Morgan fingerprint density at radius 3 is 2.46 bits per heavy atom. The molecule has 0 atom stereocenters. The van der Waals surface area contributed by atoms with Crippen LogP contribution >= 0.6 is 55.2 Å². The molecule has 174 valence electrons. The molecule has 4 aromatic rings. The van der Waals surface area contributed by atoms with Crippen LogP contribution in [0.15, 0.2) is 97.7 Å². The second-order valence-electron chi connectivity index (χ2n) is 7.70. The van der Waals surface area contributed by atoms with Crippen LogP contribution in [0.3, 0.4) is 0 Å². The van der Waals surface area contributed by atoms with Gasteiger partial charge in [-0.05, 0) is 108 Å². The molecular weight excluding hydrogens is 612 g/mol. The molecule has 8 heteroatoms. The summed E-state index contributed by atoms with van der Waals surface area (Å²) in [5.74, 6) is 0.514. The van der Waals surface area contributed by atoms with E-state index in [2.05, 4.69) is 66.4 Å². The van der Waals surface area contributed by atoms with Crippen molar-refractivity contribution in [3.8, 4) is 5.75 Å². The van der Waals surface area contributed by atoms with Gasteiger partial charge in [0.1, 0.15) is 12.4 Å². The van der Waals surface area contributed by atoms with E-state index in [4.69, 9.17) is 16.3 Å². The Morgan fingerprint density at radius 2 is 1.69 bits per heavy atom. The minimum Gasteiger partial charge on any atom is -0.487 e. The molecule has 1 saturated heterocycles. The number of thioether (sulfide) groups is 1. The Bertz CT molecular complexity index is 1470. The van der Waals surface area contributed by atoms with Gasteiger partial charge in [-0.2, -0.15) is 0 Å². The Morgan fingerprint density at radius 1 is 0.971 bits per heavy atom. The lowest BCUT2D eigenvalue weighted by molar-refractivity contribution is -0.115. The van der Waals surface area contributed by atoms with Crippen molar-refractivity contribution < 1.29 is 9.53 Å². The molecular formula is C27H17Br2ClN2O2S. The highest BCUT2D eigenvalue weighted by Gasteiger charge is 2.24. The van der Waals surface area contributed by atoms with Gasteiger partial charge < -0.3 is 10.1 Å². The number of rotatable bonds is 5. The minimum absolute atomic E-state index is 0.189. The summed E-state index contributed by atoms with van der Waals surface area (Å²) in [5, 5.41) is 6.32. The number of nitrogens with zero attached hydrogens (tertiary/aromatic N) is 1. The molecule has 1 aliphatic heterocycles. The van der Waals surface area contributed by atoms with E-state index in [0.717, 1.165) is 25.8 Å². The Kier molecular flexibility index (Phi) is 7.29. The molecule has 1 fully saturated rings. The van der Waals surface area contributed by atoms with E-state index in [1.807, 2.05) is 36.4 Å². The van der Waals surface area contributed by atoms with Gasteiger partial charge in [0.25, 0.3) is 5.91 Å². The van der Waals surface area contributed by atoms with Crippen molar-refractivity contribution in [3.05, 3.63) is 109 Å². The fourth-order valence-electron chi connectivity index (χ4n) is 3.63. The molecule has 1 heterocycles. The van der Waals surface area contributed by atoms with E-state index in [-0.39, 0.29) is 5.91 Å². The van der Waals surface area contributed by atoms with E-state index in [1.54, 1.807) is 24.3 Å². The molecule has 0 aromatic heterocycles. The molecule has 4 aromatic carbocycles. The van der Waals surface area contributed by atoms with Crippen molar-refractivity contribution in [2.45, 2.75) is 6.61 Å². The van der Waals surface area contributed by atoms with Gasteiger partial charge in [0.05, 0.1) is 19.5 Å². The minimum atomic E-state index is -0.189. The van der Waals surface area contributed by atoms with E-state index < -0.39 is 0 Å². The van der Waals surface area contributed by atoms with Gasteiger partial charge in [0, 0.05) is 5.02 Å². The molecule has 4 nitrogen and oxygen atoms in total. The molecule has 0 bridgehead atoms.